The van der Waals surface area contributed by atoms with E-state index in [9.17, 15) is 0 Å². The van der Waals surface area contributed by atoms with Crippen LogP contribution in [0.25, 0.3) is 11.5 Å². The highest BCUT2D eigenvalue weighted by Gasteiger charge is 2.10. The molecule has 0 radical (unpaired) electrons. The van der Waals surface area contributed by atoms with Gasteiger partial charge in [0.15, 0.2) is 13.5 Å². The summed E-state index contributed by atoms with van der Waals surface area (Å²) >= 11 is 0. The van der Waals surface area contributed by atoms with Gasteiger partial charge in [0, 0.05) is 23.5 Å². The van der Waals surface area contributed by atoms with Crippen molar-refractivity contribution in [3.63, 3.8) is 0 Å². The molecular formula is C12H12N2O2. The minimum absolute atomic E-state index is 0.551. The third-order valence-electron chi connectivity index (χ3n) is 2.54. The average molecular weight is 216 g/mol. The van der Waals surface area contributed by atoms with E-state index in [1.165, 1.54) is 0 Å². The van der Waals surface area contributed by atoms with Gasteiger partial charge in [-0.1, -0.05) is 24.3 Å². The largest absolute Gasteiger partial charge is 0.471 e. The zero-order valence-electron chi connectivity index (χ0n) is 8.69. The molecule has 0 unspecified atom stereocenters. The first-order valence-corrected chi connectivity index (χ1v) is 5.17. The van der Waals surface area contributed by atoms with Gasteiger partial charge in [-0.25, -0.2) is 0 Å². The molecule has 0 atom stereocenters. The fourth-order valence-electron chi connectivity index (χ4n) is 1.72. The second-order valence-corrected chi connectivity index (χ2v) is 3.58. The van der Waals surface area contributed by atoms with Crippen molar-refractivity contribution in [2.24, 2.45) is 0 Å². The first kappa shape index (κ1) is 9.15. The van der Waals surface area contributed by atoms with Crippen LogP contribution in [-0.4, -0.2) is 13.5 Å². The summed E-state index contributed by atoms with van der Waals surface area (Å²) in [6, 6.07) is 8.10. The molecule has 0 fully saturated rings. The van der Waals surface area contributed by atoms with Crippen molar-refractivity contribution in [3.05, 3.63) is 47.8 Å². The quantitative estimate of drug-likeness (QED) is 0.785. The van der Waals surface area contributed by atoms with Gasteiger partial charge in [-0.2, -0.15) is 0 Å². The van der Waals surface area contributed by atoms with Gasteiger partial charge >= 0.3 is 0 Å². The number of hydrogen-bond donors (Lipinski definition) is 2. The van der Waals surface area contributed by atoms with Gasteiger partial charge in [-0.3, -0.25) is 0 Å². The molecule has 4 heteroatoms. The Labute approximate surface area is 93.6 Å². The molecule has 4 nitrogen and oxygen atoms in total. The smallest absolute Gasteiger partial charge is 0.158 e. The molecule has 2 aliphatic rings. The van der Waals surface area contributed by atoms with Crippen LogP contribution in [0.1, 0.15) is 11.1 Å². The molecule has 0 saturated heterocycles. The highest BCUT2D eigenvalue weighted by Crippen LogP contribution is 2.22. The van der Waals surface area contributed by atoms with E-state index in [1.807, 2.05) is 36.7 Å². The summed E-state index contributed by atoms with van der Waals surface area (Å²) in [5, 5.41) is 6.02. The van der Waals surface area contributed by atoms with E-state index < -0.39 is 0 Å². The molecule has 3 rings (SSSR count). The van der Waals surface area contributed by atoms with Crippen LogP contribution in [0, 0.1) is 0 Å². The second kappa shape index (κ2) is 3.81. The number of rotatable bonds is 2. The van der Waals surface area contributed by atoms with Crippen molar-refractivity contribution in [2.75, 3.05) is 13.5 Å². The summed E-state index contributed by atoms with van der Waals surface area (Å²) in [7, 11) is 0. The monoisotopic (exact) mass is 216 g/mol. The molecule has 0 amide bonds. The maximum atomic E-state index is 5.40. The van der Waals surface area contributed by atoms with Crippen LogP contribution in [-0.2, 0) is 9.47 Å². The van der Waals surface area contributed by atoms with Gasteiger partial charge in [0.05, 0.1) is 0 Å². The normalized spacial score (nSPS) is 17.8. The summed E-state index contributed by atoms with van der Waals surface area (Å²) in [6.07, 6.45) is 3.75. The lowest BCUT2D eigenvalue weighted by Gasteiger charge is -2.05. The standard InChI is InChI=1S/C12H12N2O2/c1-2-10(12-6-14-8-16-12)4-3-9(1)11-5-13-7-15-11/h1-6,13-14H,7-8H2. The third-order valence-corrected chi connectivity index (χ3v) is 2.54. The zero-order chi connectivity index (χ0) is 10.8. The average Bonchev–Trinajstić information content (AvgIpc) is 3.03. The van der Waals surface area contributed by atoms with Gasteiger partial charge in [-0.05, 0) is 0 Å². The lowest BCUT2D eigenvalue weighted by atomic mass is 10.1. The van der Waals surface area contributed by atoms with E-state index >= 15 is 0 Å². The summed E-state index contributed by atoms with van der Waals surface area (Å²) in [5.74, 6) is 1.76. The number of ether oxygens (including phenoxy) is 2. The molecule has 0 bridgehead atoms. The summed E-state index contributed by atoms with van der Waals surface area (Å²) in [5.41, 5.74) is 2.14. The lowest BCUT2D eigenvalue weighted by Crippen LogP contribution is -1.99. The van der Waals surface area contributed by atoms with E-state index in [1.54, 1.807) is 0 Å². The van der Waals surface area contributed by atoms with E-state index in [2.05, 4.69) is 10.6 Å². The highest BCUT2D eigenvalue weighted by molar-refractivity contribution is 5.66. The van der Waals surface area contributed by atoms with E-state index in [0.717, 1.165) is 22.6 Å². The van der Waals surface area contributed by atoms with Gasteiger partial charge in [-0.15, -0.1) is 0 Å². The van der Waals surface area contributed by atoms with Crippen molar-refractivity contribution >= 4 is 11.5 Å². The topological polar surface area (TPSA) is 42.5 Å². The van der Waals surface area contributed by atoms with Crippen molar-refractivity contribution in [3.8, 4) is 0 Å². The molecule has 0 saturated carbocycles. The summed E-state index contributed by atoms with van der Waals surface area (Å²) in [4.78, 5) is 0. The predicted molar refractivity (Wildman–Crippen MR) is 60.6 cm³/mol. The van der Waals surface area contributed by atoms with Crippen LogP contribution in [0.5, 0.6) is 0 Å². The van der Waals surface area contributed by atoms with Crippen LogP contribution >= 0.6 is 0 Å². The van der Waals surface area contributed by atoms with Crippen molar-refractivity contribution in [1.29, 1.82) is 0 Å². The third kappa shape index (κ3) is 1.58. The zero-order valence-corrected chi connectivity index (χ0v) is 8.69. The number of benzene rings is 1. The second-order valence-electron chi connectivity index (χ2n) is 3.58. The lowest BCUT2D eigenvalue weighted by molar-refractivity contribution is 0.290. The number of hydrogen-bond acceptors (Lipinski definition) is 4. The molecule has 1 aromatic carbocycles. The first-order chi connectivity index (χ1) is 7.93. The molecule has 2 heterocycles. The Balaban J connectivity index is 1.84. The van der Waals surface area contributed by atoms with Crippen molar-refractivity contribution in [2.45, 2.75) is 0 Å². The Morgan fingerprint density at radius 2 is 1.19 bits per heavy atom. The minimum atomic E-state index is 0.551. The Bertz CT molecular complexity index is 406. The molecular weight excluding hydrogens is 204 g/mol. The van der Waals surface area contributed by atoms with Crippen molar-refractivity contribution in [1.82, 2.24) is 10.6 Å². The maximum absolute atomic E-state index is 5.40. The molecule has 2 N–H and O–H groups in total. The van der Waals surface area contributed by atoms with Gasteiger partial charge in [0.1, 0.15) is 11.5 Å². The molecule has 1 aromatic rings. The SMILES string of the molecule is C1=C(c2ccc(C3=CNCO3)cc2)OCN1. The van der Waals surface area contributed by atoms with E-state index in [-0.39, 0.29) is 0 Å². The van der Waals surface area contributed by atoms with Crippen LogP contribution in [0.4, 0.5) is 0 Å². The Morgan fingerprint density at radius 3 is 1.50 bits per heavy atom. The Kier molecular flexibility index (Phi) is 2.18. The Hall–Kier alpha value is -2.10. The van der Waals surface area contributed by atoms with E-state index in [4.69, 9.17) is 9.47 Å². The van der Waals surface area contributed by atoms with Crippen LogP contribution in [0.3, 0.4) is 0 Å². The van der Waals surface area contributed by atoms with Crippen LogP contribution < -0.4 is 10.6 Å². The minimum Gasteiger partial charge on any atom is -0.471 e. The first-order valence-electron chi connectivity index (χ1n) is 5.17. The maximum Gasteiger partial charge on any atom is 0.158 e. The number of nitrogens with one attached hydrogen (secondary N) is 2. The summed E-state index contributed by atoms with van der Waals surface area (Å²) in [6.45, 7) is 1.10. The fraction of sp³-hybridized carbons (Fsp3) is 0.167. The molecule has 2 aliphatic heterocycles. The van der Waals surface area contributed by atoms with Crippen LogP contribution in [0.2, 0.25) is 0 Å². The Morgan fingerprint density at radius 1 is 0.750 bits per heavy atom. The molecule has 0 spiro atoms. The molecule has 0 aromatic heterocycles. The predicted octanol–water partition coefficient (Wildman–Crippen LogP) is 1.44. The van der Waals surface area contributed by atoms with Crippen molar-refractivity contribution < 1.29 is 9.47 Å². The fourth-order valence-corrected chi connectivity index (χ4v) is 1.72. The molecule has 0 aliphatic carbocycles. The molecule has 16 heavy (non-hydrogen) atoms. The highest BCUT2D eigenvalue weighted by atomic mass is 16.5. The van der Waals surface area contributed by atoms with Gasteiger partial charge < -0.3 is 20.1 Å². The van der Waals surface area contributed by atoms with E-state index in [0.29, 0.717) is 13.5 Å². The van der Waals surface area contributed by atoms with Gasteiger partial charge in [0.25, 0.3) is 0 Å². The summed E-state index contributed by atoms with van der Waals surface area (Å²) < 4.78 is 10.8. The van der Waals surface area contributed by atoms with Crippen LogP contribution in [0.15, 0.2) is 36.7 Å². The molecule has 82 valence electrons. The van der Waals surface area contributed by atoms with Gasteiger partial charge in [0.2, 0.25) is 0 Å².